The molecule has 4 nitrogen and oxygen atoms in total. The molecule has 0 saturated carbocycles. The van der Waals surface area contributed by atoms with E-state index in [2.05, 4.69) is 10.3 Å². The molecule has 2 rings (SSSR count). The van der Waals surface area contributed by atoms with Crippen molar-refractivity contribution < 1.29 is 8.42 Å². The number of pyridine rings is 1. The molecule has 0 bridgehead atoms. The fraction of sp³-hybridized carbons (Fsp3) is 0.643. The number of nitrogens with one attached hydrogen (secondary N) is 1. The molecule has 1 aromatic heterocycles. The second-order valence-corrected chi connectivity index (χ2v) is 7.51. The van der Waals surface area contributed by atoms with Crippen LogP contribution in [0.25, 0.3) is 0 Å². The van der Waals surface area contributed by atoms with E-state index in [1.54, 1.807) is 6.20 Å². The Bertz CT molecular complexity index is 511. The quantitative estimate of drug-likeness (QED) is 0.917. The minimum Gasteiger partial charge on any atom is -0.309 e. The van der Waals surface area contributed by atoms with Crippen molar-refractivity contribution in [1.29, 1.82) is 0 Å². The molecule has 0 spiro atoms. The monoisotopic (exact) mass is 282 g/mol. The molecule has 2 atom stereocenters. The summed E-state index contributed by atoms with van der Waals surface area (Å²) in [6.45, 7) is 4.69. The van der Waals surface area contributed by atoms with Crippen LogP contribution in [0.15, 0.2) is 18.3 Å². The van der Waals surface area contributed by atoms with Crippen molar-refractivity contribution >= 4 is 9.84 Å². The first-order chi connectivity index (χ1) is 9.04. The highest BCUT2D eigenvalue weighted by molar-refractivity contribution is 7.92. The van der Waals surface area contributed by atoms with Crippen LogP contribution >= 0.6 is 0 Å². The van der Waals surface area contributed by atoms with Gasteiger partial charge in [-0.25, -0.2) is 8.42 Å². The van der Waals surface area contributed by atoms with Gasteiger partial charge in [0, 0.05) is 11.9 Å². The van der Waals surface area contributed by atoms with E-state index in [0.29, 0.717) is 5.75 Å². The van der Waals surface area contributed by atoms with E-state index < -0.39 is 9.84 Å². The van der Waals surface area contributed by atoms with Crippen LogP contribution in [0.2, 0.25) is 0 Å². The summed E-state index contributed by atoms with van der Waals surface area (Å²) in [6, 6.07) is 3.79. The Labute approximate surface area is 115 Å². The van der Waals surface area contributed by atoms with Gasteiger partial charge in [0.05, 0.1) is 17.0 Å². The molecule has 1 aliphatic rings. The van der Waals surface area contributed by atoms with Crippen LogP contribution in [0.1, 0.15) is 43.5 Å². The molecular formula is C14H22N2O2S. The summed E-state index contributed by atoms with van der Waals surface area (Å²) in [4.78, 5) is 4.29. The van der Waals surface area contributed by atoms with Gasteiger partial charge >= 0.3 is 0 Å². The highest BCUT2D eigenvalue weighted by Gasteiger charge is 2.36. The zero-order valence-electron chi connectivity index (χ0n) is 11.6. The molecular weight excluding hydrogens is 260 g/mol. The Hall–Kier alpha value is -0.940. The molecule has 1 saturated heterocycles. The zero-order valence-corrected chi connectivity index (χ0v) is 12.4. The third-order valence-corrected chi connectivity index (χ3v) is 6.01. The molecule has 2 heterocycles. The van der Waals surface area contributed by atoms with Crippen molar-refractivity contribution in [1.82, 2.24) is 10.3 Å². The molecule has 2 unspecified atom stereocenters. The van der Waals surface area contributed by atoms with Gasteiger partial charge in [0.15, 0.2) is 9.84 Å². The number of hydrogen-bond donors (Lipinski definition) is 1. The topological polar surface area (TPSA) is 59.1 Å². The van der Waals surface area contributed by atoms with Crippen molar-refractivity contribution in [2.24, 2.45) is 0 Å². The van der Waals surface area contributed by atoms with Gasteiger partial charge in [0.1, 0.15) is 0 Å². The molecule has 106 valence electrons. The number of sulfone groups is 1. The lowest BCUT2D eigenvalue weighted by Gasteiger charge is -2.30. The lowest BCUT2D eigenvalue weighted by atomic mass is 10.0. The first kappa shape index (κ1) is 14.5. The third kappa shape index (κ3) is 3.34. The fourth-order valence-electron chi connectivity index (χ4n) is 2.70. The average Bonchev–Trinajstić information content (AvgIpc) is 2.37. The smallest absolute Gasteiger partial charge is 0.155 e. The van der Waals surface area contributed by atoms with E-state index in [1.807, 2.05) is 26.0 Å². The van der Waals surface area contributed by atoms with E-state index >= 15 is 0 Å². The van der Waals surface area contributed by atoms with Gasteiger partial charge in [-0.2, -0.15) is 0 Å². The summed E-state index contributed by atoms with van der Waals surface area (Å²) >= 11 is 0. The summed E-state index contributed by atoms with van der Waals surface area (Å²) < 4.78 is 24.6. The van der Waals surface area contributed by atoms with Gasteiger partial charge in [0.25, 0.3) is 0 Å². The SMILES string of the molecule is CCNC(c1ccc(C)nc1)C1CCCCS1(=O)=O. The van der Waals surface area contributed by atoms with Crippen LogP contribution in [0, 0.1) is 6.92 Å². The van der Waals surface area contributed by atoms with Crippen LogP contribution in [0.3, 0.4) is 0 Å². The van der Waals surface area contributed by atoms with E-state index in [0.717, 1.165) is 37.1 Å². The number of hydrogen-bond acceptors (Lipinski definition) is 4. The molecule has 0 radical (unpaired) electrons. The predicted molar refractivity (Wildman–Crippen MR) is 76.8 cm³/mol. The molecule has 0 aliphatic carbocycles. The lowest BCUT2D eigenvalue weighted by Crippen LogP contribution is -2.40. The van der Waals surface area contributed by atoms with Gasteiger partial charge in [-0.15, -0.1) is 0 Å². The first-order valence-electron chi connectivity index (χ1n) is 6.92. The molecule has 1 aliphatic heterocycles. The zero-order chi connectivity index (χ0) is 13.9. The van der Waals surface area contributed by atoms with Gasteiger partial charge in [-0.05, 0) is 37.9 Å². The lowest BCUT2D eigenvalue weighted by molar-refractivity contribution is 0.453. The minimum atomic E-state index is -2.99. The molecule has 5 heteroatoms. The van der Waals surface area contributed by atoms with Crippen LogP contribution in [-0.4, -0.2) is 30.9 Å². The maximum atomic E-state index is 12.3. The van der Waals surface area contributed by atoms with Crippen molar-refractivity contribution in [2.45, 2.75) is 44.4 Å². The van der Waals surface area contributed by atoms with E-state index in [9.17, 15) is 8.42 Å². The summed E-state index contributed by atoms with van der Waals surface area (Å²) in [7, 11) is -2.99. The molecule has 1 fully saturated rings. The van der Waals surface area contributed by atoms with Gasteiger partial charge in [0.2, 0.25) is 0 Å². The maximum Gasteiger partial charge on any atom is 0.155 e. The van der Waals surface area contributed by atoms with Crippen LogP contribution in [-0.2, 0) is 9.84 Å². The highest BCUT2D eigenvalue weighted by Crippen LogP contribution is 2.30. The summed E-state index contributed by atoms with van der Waals surface area (Å²) in [5.74, 6) is 0.318. The Morgan fingerprint density at radius 3 is 2.79 bits per heavy atom. The Morgan fingerprint density at radius 2 is 2.21 bits per heavy atom. The van der Waals surface area contributed by atoms with Crippen molar-refractivity contribution in [2.75, 3.05) is 12.3 Å². The number of rotatable bonds is 4. The predicted octanol–water partition coefficient (Wildman–Crippen LogP) is 2.01. The fourth-order valence-corrected chi connectivity index (χ4v) is 4.80. The Kier molecular flexibility index (Phi) is 4.58. The standard InChI is InChI=1S/C14H22N2O2S/c1-3-15-14(12-8-7-11(2)16-10-12)13-6-4-5-9-19(13,17)18/h7-8,10,13-15H,3-6,9H2,1-2H3. The van der Waals surface area contributed by atoms with Crippen molar-refractivity contribution in [3.05, 3.63) is 29.6 Å². The second-order valence-electron chi connectivity index (χ2n) is 5.17. The molecule has 1 N–H and O–H groups in total. The molecule has 1 aromatic rings. The van der Waals surface area contributed by atoms with Crippen molar-refractivity contribution in [3.8, 4) is 0 Å². The first-order valence-corrected chi connectivity index (χ1v) is 8.63. The third-order valence-electron chi connectivity index (χ3n) is 3.72. The summed E-state index contributed by atoms with van der Waals surface area (Å²) in [6.07, 6.45) is 4.33. The highest BCUT2D eigenvalue weighted by atomic mass is 32.2. The summed E-state index contributed by atoms with van der Waals surface area (Å²) in [5.41, 5.74) is 1.92. The van der Waals surface area contributed by atoms with E-state index in [4.69, 9.17) is 0 Å². The van der Waals surface area contributed by atoms with Gasteiger partial charge < -0.3 is 5.32 Å². The number of nitrogens with zero attached hydrogens (tertiary/aromatic N) is 1. The van der Waals surface area contributed by atoms with Crippen LogP contribution < -0.4 is 5.32 Å². The van der Waals surface area contributed by atoms with E-state index in [-0.39, 0.29) is 11.3 Å². The number of aryl methyl sites for hydroxylation is 1. The second kappa shape index (κ2) is 6.01. The minimum absolute atomic E-state index is 0.136. The number of aromatic nitrogens is 1. The largest absolute Gasteiger partial charge is 0.309 e. The van der Waals surface area contributed by atoms with E-state index in [1.165, 1.54) is 0 Å². The van der Waals surface area contributed by atoms with Gasteiger partial charge in [-0.1, -0.05) is 19.4 Å². The Balaban J connectivity index is 2.31. The Morgan fingerprint density at radius 1 is 1.42 bits per heavy atom. The maximum absolute atomic E-state index is 12.3. The summed E-state index contributed by atoms with van der Waals surface area (Å²) in [5, 5.41) is 3.01. The molecule has 19 heavy (non-hydrogen) atoms. The van der Waals surface area contributed by atoms with Crippen LogP contribution in [0.5, 0.6) is 0 Å². The van der Waals surface area contributed by atoms with Gasteiger partial charge in [-0.3, -0.25) is 4.98 Å². The van der Waals surface area contributed by atoms with Crippen molar-refractivity contribution in [3.63, 3.8) is 0 Å². The average molecular weight is 282 g/mol. The molecule has 0 amide bonds. The molecule has 0 aromatic carbocycles. The van der Waals surface area contributed by atoms with Crippen LogP contribution in [0.4, 0.5) is 0 Å². The normalized spacial score (nSPS) is 24.0.